The number of benzene rings is 2. The van der Waals surface area contributed by atoms with Gasteiger partial charge in [0.2, 0.25) is 15.9 Å². The number of para-hydroxylation sites is 1. The normalized spacial score (nSPS) is 17.7. The van der Waals surface area contributed by atoms with Gasteiger partial charge in [0.05, 0.1) is 11.4 Å². The summed E-state index contributed by atoms with van der Waals surface area (Å²) in [6.45, 7) is 4.53. The summed E-state index contributed by atoms with van der Waals surface area (Å²) in [7, 11) is -3.75. The lowest BCUT2D eigenvalue weighted by Crippen LogP contribution is -2.43. The minimum Gasteiger partial charge on any atom is -0.326 e. The van der Waals surface area contributed by atoms with E-state index in [0.29, 0.717) is 24.9 Å². The molecule has 0 unspecified atom stereocenters. The van der Waals surface area contributed by atoms with Crippen molar-refractivity contribution in [3.05, 3.63) is 65.9 Å². The number of aromatic nitrogens is 1. The summed E-state index contributed by atoms with van der Waals surface area (Å²) in [4.78, 5) is 17.4. The van der Waals surface area contributed by atoms with Gasteiger partial charge in [0.25, 0.3) is 0 Å². The fraction of sp³-hybridized carbons (Fsp3) is 0.304. The van der Waals surface area contributed by atoms with Crippen LogP contribution in [-0.4, -0.2) is 36.7 Å². The van der Waals surface area contributed by atoms with E-state index in [9.17, 15) is 13.2 Å². The zero-order chi connectivity index (χ0) is 21.3. The average molecular weight is 424 g/mol. The Labute approximate surface area is 177 Å². The van der Waals surface area contributed by atoms with Gasteiger partial charge in [-0.25, -0.2) is 8.42 Å². The number of anilines is 1. The van der Waals surface area contributed by atoms with Crippen LogP contribution in [0.15, 0.2) is 59.6 Å². The summed E-state index contributed by atoms with van der Waals surface area (Å²) < 4.78 is 28.2. The number of hydrogen-bond acceptors (Lipinski definition) is 4. The maximum atomic E-state index is 13.4. The van der Waals surface area contributed by atoms with Crippen molar-refractivity contribution in [1.29, 1.82) is 0 Å². The smallest absolute Gasteiger partial charge is 0.245 e. The van der Waals surface area contributed by atoms with E-state index in [-0.39, 0.29) is 17.3 Å². The lowest BCUT2D eigenvalue weighted by molar-refractivity contribution is -0.120. The molecule has 0 aliphatic carbocycles. The fourth-order valence-electron chi connectivity index (χ4n) is 3.99. The highest BCUT2D eigenvalue weighted by molar-refractivity contribution is 7.89. The van der Waals surface area contributed by atoms with E-state index in [1.54, 1.807) is 24.4 Å². The third kappa shape index (κ3) is 3.95. The van der Waals surface area contributed by atoms with E-state index in [1.165, 1.54) is 4.31 Å². The first-order valence-electron chi connectivity index (χ1n) is 10.1. The van der Waals surface area contributed by atoms with Gasteiger partial charge in [-0.05, 0) is 50.5 Å². The fourth-order valence-corrected chi connectivity index (χ4v) is 5.68. The van der Waals surface area contributed by atoms with Gasteiger partial charge in [0.15, 0.2) is 0 Å². The van der Waals surface area contributed by atoms with Gasteiger partial charge in [0, 0.05) is 30.4 Å². The molecule has 2 heterocycles. The molecular formula is C23H25N3O3S. The Bertz CT molecular complexity index is 1200. The van der Waals surface area contributed by atoms with Crippen molar-refractivity contribution in [2.75, 3.05) is 18.4 Å². The molecule has 1 saturated heterocycles. The number of sulfonamides is 1. The Morgan fingerprint density at radius 1 is 1.13 bits per heavy atom. The van der Waals surface area contributed by atoms with Gasteiger partial charge < -0.3 is 5.32 Å². The van der Waals surface area contributed by atoms with Crippen LogP contribution in [0.25, 0.3) is 10.9 Å². The van der Waals surface area contributed by atoms with Crippen LogP contribution in [0.5, 0.6) is 0 Å². The van der Waals surface area contributed by atoms with E-state index in [1.807, 2.05) is 44.2 Å². The quantitative estimate of drug-likeness (QED) is 0.690. The molecule has 1 N–H and O–H groups in total. The van der Waals surface area contributed by atoms with Gasteiger partial charge in [-0.3, -0.25) is 9.78 Å². The van der Waals surface area contributed by atoms with E-state index >= 15 is 0 Å². The summed E-state index contributed by atoms with van der Waals surface area (Å²) in [6.07, 6.45) is 2.90. The molecule has 156 valence electrons. The Hall–Kier alpha value is -2.77. The maximum Gasteiger partial charge on any atom is 0.245 e. The average Bonchev–Trinajstić information content (AvgIpc) is 2.75. The second-order valence-electron chi connectivity index (χ2n) is 7.84. The van der Waals surface area contributed by atoms with Gasteiger partial charge >= 0.3 is 0 Å². The molecule has 1 atom stereocenters. The molecule has 1 aliphatic heterocycles. The van der Waals surface area contributed by atoms with E-state index in [0.717, 1.165) is 22.2 Å². The molecule has 2 aromatic carbocycles. The number of carbonyl (C=O) groups excluding carboxylic acids is 1. The first kappa shape index (κ1) is 20.5. The molecule has 0 saturated carbocycles. The van der Waals surface area contributed by atoms with Crippen LogP contribution in [0, 0.1) is 19.8 Å². The topological polar surface area (TPSA) is 79.4 Å². The number of hydrogen-bond donors (Lipinski definition) is 1. The molecule has 4 rings (SSSR count). The van der Waals surface area contributed by atoms with E-state index in [4.69, 9.17) is 0 Å². The number of amides is 1. The highest BCUT2D eigenvalue weighted by Crippen LogP contribution is 2.28. The Kier molecular flexibility index (Phi) is 5.58. The Morgan fingerprint density at radius 2 is 1.93 bits per heavy atom. The third-order valence-corrected chi connectivity index (χ3v) is 7.50. The van der Waals surface area contributed by atoms with Gasteiger partial charge in [-0.15, -0.1) is 0 Å². The monoisotopic (exact) mass is 423 g/mol. The number of piperidine rings is 1. The largest absolute Gasteiger partial charge is 0.326 e. The molecule has 1 amide bonds. The molecule has 3 aromatic rings. The Morgan fingerprint density at radius 3 is 2.73 bits per heavy atom. The van der Waals surface area contributed by atoms with Crippen LogP contribution in [0.2, 0.25) is 0 Å². The number of carbonyl (C=O) groups is 1. The van der Waals surface area contributed by atoms with Crippen LogP contribution < -0.4 is 5.32 Å². The second kappa shape index (κ2) is 8.16. The van der Waals surface area contributed by atoms with Crippen LogP contribution in [0.3, 0.4) is 0 Å². The molecule has 1 fully saturated rings. The zero-order valence-corrected chi connectivity index (χ0v) is 17.9. The molecule has 6 nitrogen and oxygen atoms in total. The highest BCUT2D eigenvalue weighted by Gasteiger charge is 2.34. The number of nitrogens with zero attached hydrogens (tertiary/aromatic N) is 2. The first-order valence-corrected chi connectivity index (χ1v) is 11.5. The highest BCUT2D eigenvalue weighted by atomic mass is 32.2. The standard InChI is InChI=1S/C23H25N3O3S/c1-16-10-11-20(17(2)14-16)25-23(27)19-8-5-13-26(15-19)30(28,29)21-9-3-6-18-7-4-12-24-22(18)21/h3-4,6-7,9-12,14,19H,5,8,13,15H2,1-2H3,(H,25,27)/t19-/m1/s1. The molecule has 1 aromatic heterocycles. The van der Waals surface area contributed by atoms with E-state index in [2.05, 4.69) is 10.3 Å². The van der Waals surface area contributed by atoms with Crippen molar-refractivity contribution >= 4 is 32.5 Å². The predicted molar refractivity (Wildman–Crippen MR) is 118 cm³/mol. The SMILES string of the molecule is Cc1ccc(NC(=O)[C@@H]2CCCN(S(=O)(=O)c3cccc4cccnc34)C2)c(C)c1. The van der Waals surface area contributed by atoms with Crippen molar-refractivity contribution in [1.82, 2.24) is 9.29 Å². The number of fused-ring (bicyclic) bond motifs is 1. The van der Waals surface area contributed by atoms with Gasteiger partial charge in [-0.2, -0.15) is 4.31 Å². The summed E-state index contributed by atoms with van der Waals surface area (Å²) in [5.74, 6) is -0.532. The number of aryl methyl sites for hydroxylation is 2. The summed E-state index contributed by atoms with van der Waals surface area (Å²) in [5, 5.41) is 3.75. The molecule has 30 heavy (non-hydrogen) atoms. The molecule has 7 heteroatoms. The maximum absolute atomic E-state index is 13.4. The van der Waals surface area contributed by atoms with Gasteiger partial charge in [0.1, 0.15) is 4.90 Å². The molecule has 0 bridgehead atoms. The Balaban J connectivity index is 1.56. The van der Waals surface area contributed by atoms with Crippen molar-refractivity contribution in [2.24, 2.45) is 5.92 Å². The van der Waals surface area contributed by atoms with Crippen molar-refractivity contribution in [3.63, 3.8) is 0 Å². The lowest BCUT2D eigenvalue weighted by atomic mass is 9.98. The second-order valence-corrected chi connectivity index (χ2v) is 9.75. The van der Waals surface area contributed by atoms with Crippen LogP contribution >= 0.6 is 0 Å². The lowest BCUT2D eigenvalue weighted by Gasteiger charge is -2.31. The minimum atomic E-state index is -3.75. The third-order valence-electron chi connectivity index (χ3n) is 5.61. The number of nitrogens with one attached hydrogen (secondary N) is 1. The molecule has 0 radical (unpaired) electrons. The van der Waals surface area contributed by atoms with Crippen LogP contribution in [0.1, 0.15) is 24.0 Å². The number of rotatable bonds is 4. The van der Waals surface area contributed by atoms with Crippen molar-refractivity contribution < 1.29 is 13.2 Å². The molecule has 0 spiro atoms. The molecule has 1 aliphatic rings. The minimum absolute atomic E-state index is 0.141. The predicted octanol–water partition coefficient (Wildman–Crippen LogP) is 3.89. The summed E-state index contributed by atoms with van der Waals surface area (Å²) in [6, 6.07) is 14.6. The van der Waals surface area contributed by atoms with E-state index < -0.39 is 15.9 Å². The summed E-state index contributed by atoms with van der Waals surface area (Å²) in [5.41, 5.74) is 3.35. The van der Waals surface area contributed by atoms with Crippen LogP contribution in [-0.2, 0) is 14.8 Å². The zero-order valence-electron chi connectivity index (χ0n) is 17.1. The summed E-state index contributed by atoms with van der Waals surface area (Å²) >= 11 is 0. The molecular weight excluding hydrogens is 398 g/mol. The number of pyridine rings is 1. The van der Waals surface area contributed by atoms with Crippen LogP contribution in [0.4, 0.5) is 5.69 Å². The van der Waals surface area contributed by atoms with Gasteiger partial charge in [-0.1, -0.05) is 35.9 Å². The van der Waals surface area contributed by atoms with Crippen molar-refractivity contribution in [3.8, 4) is 0 Å². The first-order chi connectivity index (χ1) is 14.4. The van der Waals surface area contributed by atoms with Crippen molar-refractivity contribution in [2.45, 2.75) is 31.6 Å².